The smallest absolute Gasteiger partial charge is 0.224 e. The van der Waals surface area contributed by atoms with Crippen LogP contribution < -0.4 is 4.72 Å². The van der Waals surface area contributed by atoms with E-state index in [1.54, 1.807) is 0 Å². The minimum Gasteiger partial charge on any atom is -0.224 e. The van der Waals surface area contributed by atoms with Gasteiger partial charge >= 0.3 is 0 Å². The second-order valence-corrected chi connectivity index (χ2v) is 7.78. The minimum absolute atomic E-state index is 0.0559. The fraction of sp³-hybridized carbons (Fsp3) is 0.333. The molecule has 7 heteroatoms. The Morgan fingerprint density at radius 1 is 1.05 bits per heavy atom. The van der Waals surface area contributed by atoms with Gasteiger partial charge in [-0.3, -0.25) is 0 Å². The topological polar surface area (TPSA) is 80.3 Å². The molecule has 0 aliphatic rings. The number of rotatable bonds is 6. The maximum atomic E-state index is 11.9. The van der Waals surface area contributed by atoms with Crippen LogP contribution in [0.5, 0.6) is 0 Å². The first-order chi connectivity index (χ1) is 8.77. The van der Waals surface area contributed by atoms with E-state index in [-0.39, 0.29) is 9.79 Å². The van der Waals surface area contributed by atoms with E-state index in [1.165, 1.54) is 24.3 Å². The van der Waals surface area contributed by atoms with Crippen molar-refractivity contribution in [2.75, 3.05) is 12.8 Å². The normalized spacial score (nSPS) is 12.9. The van der Waals surface area contributed by atoms with Gasteiger partial charge in [0.05, 0.1) is 9.79 Å². The third-order valence-corrected chi connectivity index (χ3v) is 5.01. The summed E-state index contributed by atoms with van der Waals surface area (Å²) >= 11 is 0. The van der Waals surface area contributed by atoms with E-state index < -0.39 is 19.9 Å². The first-order valence-corrected chi connectivity index (χ1v) is 9.06. The van der Waals surface area contributed by atoms with E-state index in [2.05, 4.69) is 4.72 Å². The molecule has 0 saturated carbocycles. The van der Waals surface area contributed by atoms with Crippen LogP contribution in [0.4, 0.5) is 0 Å². The van der Waals surface area contributed by atoms with Crippen LogP contribution in [0.1, 0.15) is 13.3 Å². The SMILES string of the molecule is C/C=C/CCNS(=O)(=O)c1ccc(S(C)(=O)=O)cc1. The number of nitrogens with one attached hydrogen (secondary N) is 1. The predicted molar refractivity (Wildman–Crippen MR) is 74.2 cm³/mol. The molecule has 5 nitrogen and oxygen atoms in total. The van der Waals surface area contributed by atoms with Gasteiger partial charge in [-0.25, -0.2) is 21.6 Å². The third kappa shape index (κ3) is 4.77. The van der Waals surface area contributed by atoms with Gasteiger partial charge in [-0.2, -0.15) is 0 Å². The van der Waals surface area contributed by atoms with Crippen LogP contribution >= 0.6 is 0 Å². The number of hydrogen-bond donors (Lipinski definition) is 1. The highest BCUT2D eigenvalue weighted by Crippen LogP contribution is 2.14. The van der Waals surface area contributed by atoms with E-state index >= 15 is 0 Å². The van der Waals surface area contributed by atoms with Crippen molar-refractivity contribution < 1.29 is 16.8 Å². The molecule has 0 unspecified atom stereocenters. The van der Waals surface area contributed by atoms with Crippen LogP contribution in [0, 0.1) is 0 Å². The number of sulfone groups is 1. The molecule has 0 fully saturated rings. The maximum Gasteiger partial charge on any atom is 0.240 e. The molecule has 0 aromatic heterocycles. The highest BCUT2D eigenvalue weighted by molar-refractivity contribution is 7.90. The number of allylic oxidation sites excluding steroid dienone is 1. The van der Waals surface area contributed by atoms with Gasteiger partial charge in [-0.05, 0) is 37.6 Å². The molecule has 1 aromatic rings. The van der Waals surface area contributed by atoms with Crippen LogP contribution in [-0.4, -0.2) is 29.6 Å². The molecular weight excluding hydrogens is 286 g/mol. The lowest BCUT2D eigenvalue weighted by Crippen LogP contribution is -2.24. The molecule has 0 aliphatic carbocycles. The summed E-state index contributed by atoms with van der Waals surface area (Å²) in [5.41, 5.74) is 0. The van der Waals surface area contributed by atoms with Crippen molar-refractivity contribution in [3.8, 4) is 0 Å². The Kier molecular flexibility index (Phi) is 5.28. The van der Waals surface area contributed by atoms with Crippen molar-refractivity contribution >= 4 is 19.9 Å². The lowest BCUT2D eigenvalue weighted by molar-refractivity contribution is 0.581. The molecule has 1 N–H and O–H groups in total. The van der Waals surface area contributed by atoms with Gasteiger partial charge in [0.25, 0.3) is 0 Å². The number of sulfonamides is 1. The Hall–Kier alpha value is -1.18. The predicted octanol–water partition coefficient (Wildman–Crippen LogP) is 1.33. The average molecular weight is 303 g/mol. The fourth-order valence-electron chi connectivity index (χ4n) is 1.39. The Morgan fingerprint density at radius 2 is 1.58 bits per heavy atom. The fourth-order valence-corrected chi connectivity index (χ4v) is 3.07. The van der Waals surface area contributed by atoms with Gasteiger partial charge in [0, 0.05) is 12.8 Å². The molecule has 0 bridgehead atoms. The van der Waals surface area contributed by atoms with E-state index in [0.29, 0.717) is 13.0 Å². The van der Waals surface area contributed by atoms with Gasteiger partial charge < -0.3 is 0 Å². The second kappa shape index (κ2) is 6.31. The number of benzene rings is 1. The minimum atomic E-state index is -3.58. The van der Waals surface area contributed by atoms with Gasteiger partial charge in [0.15, 0.2) is 9.84 Å². The van der Waals surface area contributed by atoms with E-state index in [0.717, 1.165) is 6.26 Å². The molecule has 0 atom stereocenters. The lowest BCUT2D eigenvalue weighted by atomic mass is 10.4. The highest BCUT2D eigenvalue weighted by Gasteiger charge is 2.14. The van der Waals surface area contributed by atoms with Crippen molar-refractivity contribution in [3.05, 3.63) is 36.4 Å². The van der Waals surface area contributed by atoms with Crippen molar-refractivity contribution in [2.45, 2.75) is 23.1 Å². The van der Waals surface area contributed by atoms with Gasteiger partial charge in [-0.15, -0.1) is 0 Å². The summed E-state index contributed by atoms with van der Waals surface area (Å²) in [7, 11) is -6.90. The van der Waals surface area contributed by atoms with Crippen molar-refractivity contribution in [1.82, 2.24) is 4.72 Å². The van der Waals surface area contributed by atoms with Crippen LogP contribution in [0.15, 0.2) is 46.2 Å². The van der Waals surface area contributed by atoms with Crippen LogP contribution in [0.2, 0.25) is 0 Å². The lowest BCUT2D eigenvalue weighted by Gasteiger charge is -2.06. The summed E-state index contributed by atoms with van der Waals surface area (Å²) in [6.07, 6.45) is 5.38. The molecule has 0 radical (unpaired) electrons. The molecule has 1 aromatic carbocycles. The monoisotopic (exact) mass is 303 g/mol. The molecule has 0 aliphatic heterocycles. The van der Waals surface area contributed by atoms with Crippen LogP contribution in [-0.2, 0) is 19.9 Å². The van der Waals surface area contributed by atoms with Gasteiger partial charge in [-0.1, -0.05) is 12.2 Å². The molecule has 19 heavy (non-hydrogen) atoms. The largest absolute Gasteiger partial charge is 0.240 e. The Morgan fingerprint density at radius 3 is 2.05 bits per heavy atom. The average Bonchev–Trinajstić information content (AvgIpc) is 2.34. The molecule has 0 heterocycles. The van der Waals surface area contributed by atoms with E-state index in [9.17, 15) is 16.8 Å². The van der Waals surface area contributed by atoms with Crippen molar-refractivity contribution in [3.63, 3.8) is 0 Å². The quantitative estimate of drug-likeness (QED) is 0.635. The van der Waals surface area contributed by atoms with Crippen molar-refractivity contribution in [1.29, 1.82) is 0 Å². The number of hydrogen-bond acceptors (Lipinski definition) is 4. The second-order valence-electron chi connectivity index (χ2n) is 4.00. The third-order valence-electron chi connectivity index (χ3n) is 2.40. The molecule has 0 saturated heterocycles. The van der Waals surface area contributed by atoms with Gasteiger partial charge in [0.1, 0.15) is 0 Å². The molecule has 106 valence electrons. The first-order valence-electron chi connectivity index (χ1n) is 5.68. The van der Waals surface area contributed by atoms with Crippen LogP contribution in [0.3, 0.4) is 0 Å². The zero-order chi connectivity index (χ0) is 14.5. The standard InChI is InChI=1S/C12H17NO4S2/c1-3-4-5-10-13-19(16,17)12-8-6-11(7-9-12)18(2,14)15/h3-4,6-9,13H,5,10H2,1-2H3/b4-3+. The zero-order valence-corrected chi connectivity index (χ0v) is 12.5. The molecule has 0 amide bonds. The molecular formula is C12H17NO4S2. The van der Waals surface area contributed by atoms with Crippen molar-refractivity contribution in [2.24, 2.45) is 0 Å². The van der Waals surface area contributed by atoms with E-state index in [4.69, 9.17) is 0 Å². The van der Waals surface area contributed by atoms with Crippen LogP contribution in [0.25, 0.3) is 0 Å². The molecule has 1 rings (SSSR count). The maximum absolute atomic E-state index is 11.9. The Bertz CT molecular complexity index is 643. The molecule has 0 spiro atoms. The summed E-state index contributed by atoms with van der Waals surface area (Å²) in [6.45, 7) is 2.17. The summed E-state index contributed by atoms with van der Waals surface area (Å²) in [6, 6.07) is 5.15. The Balaban J connectivity index is 2.85. The first kappa shape index (κ1) is 15.9. The zero-order valence-electron chi connectivity index (χ0n) is 10.8. The van der Waals surface area contributed by atoms with Gasteiger partial charge in [0.2, 0.25) is 10.0 Å². The Labute approximate surface area is 114 Å². The summed E-state index contributed by atoms with van der Waals surface area (Å²) in [4.78, 5) is 0.153. The summed E-state index contributed by atoms with van der Waals surface area (Å²) in [5.74, 6) is 0. The summed E-state index contributed by atoms with van der Waals surface area (Å²) < 4.78 is 48.7. The van der Waals surface area contributed by atoms with E-state index in [1.807, 2.05) is 19.1 Å². The summed E-state index contributed by atoms with van der Waals surface area (Å²) in [5, 5.41) is 0. The highest BCUT2D eigenvalue weighted by atomic mass is 32.2.